The summed E-state index contributed by atoms with van der Waals surface area (Å²) in [5.41, 5.74) is 0.913. The predicted molar refractivity (Wildman–Crippen MR) is 68.6 cm³/mol. The van der Waals surface area contributed by atoms with E-state index in [4.69, 9.17) is 0 Å². The summed E-state index contributed by atoms with van der Waals surface area (Å²) in [5, 5.41) is 18.6. The maximum atomic E-state index is 11.8. The molecule has 5 nitrogen and oxygen atoms in total. The molecule has 1 unspecified atom stereocenters. The molecule has 1 aromatic carbocycles. The Labute approximate surface area is 111 Å². The van der Waals surface area contributed by atoms with Crippen molar-refractivity contribution < 1.29 is 19.8 Å². The average Bonchev–Trinajstić information content (AvgIpc) is 2.83. The first-order valence-electron chi connectivity index (χ1n) is 6.25. The Morgan fingerprint density at radius 3 is 2.42 bits per heavy atom. The standard InChI is InChI=1S/C14H17NO4/c1-9(16)13(17)15-7-11(12(8-15)14(18)19)10-5-3-2-4-6-10/h2-6,9,11-12,16H,7-8H2,1H3,(H,18,19)/t9?,11-,12-/m0/s1. The number of aliphatic carboxylic acids is 1. The molecule has 1 heterocycles. The van der Waals surface area contributed by atoms with Crippen LogP contribution in [0.2, 0.25) is 0 Å². The lowest BCUT2D eigenvalue weighted by Crippen LogP contribution is -2.36. The minimum atomic E-state index is -1.09. The van der Waals surface area contributed by atoms with Gasteiger partial charge in [-0.05, 0) is 12.5 Å². The highest BCUT2D eigenvalue weighted by molar-refractivity contribution is 5.82. The Balaban J connectivity index is 2.23. The Bertz CT molecular complexity index is 472. The first-order chi connectivity index (χ1) is 9.00. The SMILES string of the molecule is CC(O)C(=O)N1C[C@H](C(=O)O)[C@H](c2ccccc2)C1. The van der Waals surface area contributed by atoms with E-state index in [1.165, 1.54) is 11.8 Å². The van der Waals surface area contributed by atoms with Crippen LogP contribution < -0.4 is 0 Å². The molecule has 0 aromatic heterocycles. The van der Waals surface area contributed by atoms with Crippen molar-refractivity contribution in [3.63, 3.8) is 0 Å². The molecule has 2 N–H and O–H groups in total. The number of aliphatic hydroxyl groups is 1. The number of hydrogen-bond acceptors (Lipinski definition) is 3. The second kappa shape index (κ2) is 5.40. The van der Waals surface area contributed by atoms with Gasteiger partial charge < -0.3 is 15.1 Å². The smallest absolute Gasteiger partial charge is 0.308 e. The molecular weight excluding hydrogens is 246 g/mol. The van der Waals surface area contributed by atoms with Gasteiger partial charge in [0.25, 0.3) is 5.91 Å². The molecule has 3 atom stereocenters. The van der Waals surface area contributed by atoms with E-state index in [2.05, 4.69) is 0 Å². The van der Waals surface area contributed by atoms with Crippen molar-refractivity contribution in [3.05, 3.63) is 35.9 Å². The van der Waals surface area contributed by atoms with Crippen LogP contribution >= 0.6 is 0 Å². The molecule has 1 aliphatic rings. The lowest BCUT2D eigenvalue weighted by molar-refractivity contribution is -0.142. The van der Waals surface area contributed by atoms with E-state index in [1.54, 1.807) is 0 Å². The van der Waals surface area contributed by atoms with E-state index < -0.39 is 23.9 Å². The van der Waals surface area contributed by atoms with Crippen LogP contribution in [0, 0.1) is 5.92 Å². The molecule has 0 bridgehead atoms. The van der Waals surface area contributed by atoms with Crippen LogP contribution in [0.25, 0.3) is 0 Å². The maximum absolute atomic E-state index is 11.8. The van der Waals surface area contributed by atoms with Gasteiger partial charge in [-0.25, -0.2) is 0 Å². The van der Waals surface area contributed by atoms with Gasteiger partial charge in [0.05, 0.1) is 5.92 Å². The number of likely N-dealkylation sites (tertiary alicyclic amines) is 1. The zero-order valence-corrected chi connectivity index (χ0v) is 10.7. The van der Waals surface area contributed by atoms with Crippen LogP contribution in [0.1, 0.15) is 18.4 Å². The Kier molecular flexibility index (Phi) is 3.85. The summed E-state index contributed by atoms with van der Waals surface area (Å²) < 4.78 is 0. The second-order valence-electron chi connectivity index (χ2n) is 4.88. The number of carbonyl (C=O) groups excluding carboxylic acids is 1. The lowest BCUT2D eigenvalue weighted by Gasteiger charge is -2.17. The fourth-order valence-electron chi connectivity index (χ4n) is 2.54. The van der Waals surface area contributed by atoms with Crippen LogP contribution in [-0.2, 0) is 9.59 Å². The van der Waals surface area contributed by atoms with Crippen LogP contribution in [0.5, 0.6) is 0 Å². The molecule has 0 radical (unpaired) electrons. The number of carboxylic acid groups (broad SMARTS) is 1. The van der Waals surface area contributed by atoms with Crippen molar-refractivity contribution in [2.24, 2.45) is 5.92 Å². The summed E-state index contributed by atoms with van der Waals surface area (Å²) in [4.78, 5) is 24.5. The number of carboxylic acids is 1. The minimum Gasteiger partial charge on any atom is -0.481 e. The molecule has 0 aliphatic carbocycles. The average molecular weight is 263 g/mol. The molecule has 0 spiro atoms. The molecule has 1 aromatic rings. The predicted octanol–water partition coefficient (Wildman–Crippen LogP) is 0.694. The van der Waals surface area contributed by atoms with E-state index in [-0.39, 0.29) is 12.5 Å². The molecule has 0 saturated carbocycles. The van der Waals surface area contributed by atoms with Crippen LogP contribution in [0.3, 0.4) is 0 Å². The molecule has 1 saturated heterocycles. The van der Waals surface area contributed by atoms with Gasteiger partial charge in [-0.15, -0.1) is 0 Å². The van der Waals surface area contributed by atoms with Crippen molar-refractivity contribution in [2.75, 3.05) is 13.1 Å². The number of benzene rings is 1. The summed E-state index contributed by atoms with van der Waals surface area (Å²) in [7, 11) is 0. The minimum absolute atomic E-state index is 0.151. The number of hydrogen-bond donors (Lipinski definition) is 2. The molecule has 2 rings (SSSR count). The number of amides is 1. The van der Waals surface area contributed by atoms with E-state index in [1.807, 2.05) is 30.3 Å². The Morgan fingerprint density at radius 2 is 1.89 bits per heavy atom. The summed E-state index contributed by atoms with van der Waals surface area (Å²) in [6.45, 7) is 1.89. The number of nitrogens with zero attached hydrogens (tertiary/aromatic N) is 1. The van der Waals surface area contributed by atoms with Gasteiger partial charge in [0, 0.05) is 19.0 Å². The highest BCUT2D eigenvalue weighted by atomic mass is 16.4. The van der Waals surface area contributed by atoms with Crippen LogP contribution in [-0.4, -0.2) is 46.2 Å². The highest BCUT2D eigenvalue weighted by Crippen LogP contribution is 2.33. The molecule has 5 heteroatoms. The Hall–Kier alpha value is -1.88. The van der Waals surface area contributed by atoms with Crippen LogP contribution in [0.15, 0.2) is 30.3 Å². The van der Waals surface area contributed by atoms with Crippen LogP contribution in [0.4, 0.5) is 0 Å². The molecule has 102 valence electrons. The molecule has 1 aliphatic heterocycles. The fourth-order valence-corrected chi connectivity index (χ4v) is 2.54. The Morgan fingerprint density at radius 1 is 1.26 bits per heavy atom. The zero-order chi connectivity index (χ0) is 14.0. The van der Waals surface area contributed by atoms with Gasteiger partial charge in [-0.3, -0.25) is 9.59 Å². The third-order valence-electron chi connectivity index (χ3n) is 3.53. The number of carbonyl (C=O) groups is 2. The largest absolute Gasteiger partial charge is 0.481 e. The topological polar surface area (TPSA) is 77.8 Å². The first-order valence-corrected chi connectivity index (χ1v) is 6.25. The molecule has 1 fully saturated rings. The lowest BCUT2D eigenvalue weighted by atomic mass is 9.89. The molecular formula is C14H17NO4. The van der Waals surface area contributed by atoms with Crippen molar-refractivity contribution in [1.82, 2.24) is 4.90 Å². The van der Waals surface area contributed by atoms with Gasteiger partial charge in [0.15, 0.2) is 0 Å². The molecule has 19 heavy (non-hydrogen) atoms. The van der Waals surface area contributed by atoms with Crippen molar-refractivity contribution in [2.45, 2.75) is 18.9 Å². The monoisotopic (exact) mass is 263 g/mol. The quantitative estimate of drug-likeness (QED) is 0.841. The van der Waals surface area contributed by atoms with E-state index in [0.717, 1.165) is 5.56 Å². The summed E-state index contributed by atoms with van der Waals surface area (Å²) in [5.74, 6) is -2.16. The summed E-state index contributed by atoms with van der Waals surface area (Å²) in [6.07, 6.45) is -1.09. The van der Waals surface area contributed by atoms with Gasteiger partial charge in [-0.1, -0.05) is 30.3 Å². The first kappa shape index (κ1) is 13.5. The third-order valence-corrected chi connectivity index (χ3v) is 3.53. The van der Waals surface area contributed by atoms with Gasteiger partial charge >= 0.3 is 5.97 Å². The summed E-state index contributed by atoms with van der Waals surface area (Å²) >= 11 is 0. The second-order valence-corrected chi connectivity index (χ2v) is 4.88. The highest BCUT2D eigenvalue weighted by Gasteiger charge is 2.40. The summed E-state index contributed by atoms with van der Waals surface area (Å²) in [6, 6.07) is 9.32. The van der Waals surface area contributed by atoms with Crippen molar-refractivity contribution >= 4 is 11.9 Å². The number of aliphatic hydroxyl groups excluding tert-OH is 1. The van der Waals surface area contributed by atoms with Gasteiger partial charge in [0.2, 0.25) is 0 Å². The van der Waals surface area contributed by atoms with E-state index in [9.17, 15) is 19.8 Å². The van der Waals surface area contributed by atoms with Gasteiger partial charge in [0.1, 0.15) is 6.10 Å². The fraction of sp³-hybridized carbons (Fsp3) is 0.429. The molecule has 1 amide bonds. The normalized spacial score (nSPS) is 24.2. The number of rotatable bonds is 3. The maximum Gasteiger partial charge on any atom is 0.308 e. The van der Waals surface area contributed by atoms with E-state index in [0.29, 0.717) is 6.54 Å². The van der Waals surface area contributed by atoms with Crippen molar-refractivity contribution in [3.8, 4) is 0 Å². The van der Waals surface area contributed by atoms with E-state index >= 15 is 0 Å². The van der Waals surface area contributed by atoms with Crippen molar-refractivity contribution in [1.29, 1.82) is 0 Å². The zero-order valence-electron chi connectivity index (χ0n) is 10.7. The van der Waals surface area contributed by atoms with Gasteiger partial charge in [-0.2, -0.15) is 0 Å². The third kappa shape index (κ3) is 2.76.